The molecule has 0 aromatic rings. The van der Waals surface area contributed by atoms with Gasteiger partial charge in [-0.1, -0.05) is 39.0 Å². The second-order valence-electron chi connectivity index (χ2n) is 5.67. The summed E-state index contributed by atoms with van der Waals surface area (Å²) in [5, 5.41) is 0. The molecule has 0 aromatic carbocycles. The number of likely N-dealkylation sites (tertiary alicyclic amines) is 1. The van der Waals surface area contributed by atoms with Crippen molar-refractivity contribution in [1.29, 1.82) is 0 Å². The third kappa shape index (κ3) is 7.12. The van der Waals surface area contributed by atoms with Crippen molar-refractivity contribution >= 4 is 5.78 Å². The first-order valence-electron chi connectivity index (χ1n) is 7.72. The lowest BCUT2D eigenvalue weighted by Crippen LogP contribution is -2.41. The SMILES string of the molecule is CCCCCCCCC(=O)CN1CCC(N)CC1. The summed E-state index contributed by atoms with van der Waals surface area (Å²) in [5.41, 5.74) is 5.85. The van der Waals surface area contributed by atoms with E-state index in [0.29, 0.717) is 18.4 Å². The monoisotopic (exact) mass is 254 g/mol. The molecule has 0 spiro atoms. The minimum Gasteiger partial charge on any atom is -0.328 e. The zero-order chi connectivity index (χ0) is 13.2. The minimum atomic E-state index is 0.356. The molecule has 1 fully saturated rings. The number of unbranched alkanes of at least 4 members (excludes halogenated alkanes) is 5. The van der Waals surface area contributed by atoms with Crippen LogP contribution >= 0.6 is 0 Å². The molecule has 18 heavy (non-hydrogen) atoms. The molecule has 0 aromatic heterocycles. The van der Waals surface area contributed by atoms with Gasteiger partial charge in [0.1, 0.15) is 5.78 Å². The summed E-state index contributed by atoms with van der Waals surface area (Å²) < 4.78 is 0. The molecule has 0 aliphatic carbocycles. The topological polar surface area (TPSA) is 46.3 Å². The Balaban J connectivity index is 1.97. The molecular formula is C15H30N2O. The van der Waals surface area contributed by atoms with Crippen LogP contribution in [0.3, 0.4) is 0 Å². The highest BCUT2D eigenvalue weighted by atomic mass is 16.1. The predicted octanol–water partition coefficient (Wildman–Crippen LogP) is 2.73. The number of hydrogen-bond acceptors (Lipinski definition) is 3. The van der Waals surface area contributed by atoms with E-state index in [1.54, 1.807) is 0 Å². The Morgan fingerprint density at radius 1 is 1.11 bits per heavy atom. The third-order valence-corrected chi connectivity index (χ3v) is 3.84. The van der Waals surface area contributed by atoms with E-state index in [9.17, 15) is 4.79 Å². The zero-order valence-electron chi connectivity index (χ0n) is 12.0. The van der Waals surface area contributed by atoms with Gasteiger partial charge in [-0.25, -0.2) is 0 Å². The van der Waals surface area contributed by atoms with Crippen LogP contribution < -0.4 is 5.73 Å². The van der Waals surface area contributed by atoms with Crippen LogP contribution in [0.1, 0.15) is 64.7 Å². The van der Waals surface area contributed by atoms with Crippen molar-refractivity contribution in [3.05, 3.63) is 0 Å². The quantitative estimate of drug-likeness (QED) is 0.644. The van der Waals surface area contributed by atoms with Crippen LogP contribution in [0.4, 0.5) is 0 Å². The Hall–Kier alpha value is -0.410. The van der Waals surface area contributed by atoms with Crippen LogP contribution in [0.15, 0.2) is 0 Å². The first-order chi connectivity index (χ1) is 8.72. The molecule has 0 radical (unpaired) electrons. The molecule has 1 aliphatic rings. The van der Waals surface area contributed by atoms with Crippen LogP contribution in [-0.4, -0.2) is 36.4 Å². The molecule has 3 nitrogen and oxygen atoms in total. The highest BCUT2D eigenvalue weighted by Gasteiger charge is 2.17. The molecule has 0 unspecified atom stereocenters. The second-order valence-corrected chi connectivity index (χ2v) is 5.67. The van der Waals surface area contributed by atoms with Crippen molar-refractivity contribution in [2.45, 2.75) is 70.8 Å². The van der Waals surface area contributed by atoms with Gasteiger partial charge in [0, 0.05) is 25.6 Å². The highest BCUT2D eigenvalue weighted by molar-refractivity contribution is 5.80. The Bertz CT molecular complexity index is 223. The molecule has 1 rings (SSSR count). The maximum Gasteiger partial charge on any atom is 0.146 e. The van der Waals surface area contributed by atoms with E-state index in [0.717, 1.165) is 38.8 Å². The maximum absolute atomic E-state index is 11.8. The normalized spacial score (nSPS) is 18.1. The van der Waals surface area contributed by atoms with Crippen molar-refractivity contribution in [3.63, 3.8) is 0 Å². The minimum absolute atomic E-state index is 0.356. The molecule has 3 heteroatoms. The molecule has 106 valence electrons. The standard InChI is InChI=1S/C15H30N2O/c1-2-3-4-5-6-7-8-15(18)13-17-11-9-14(16)10-12-17/h14H,2-13,16H2,1H3. The van der Waals surface area contributed by atoms with Gasteiger partial charge < -0.3 is 5.73 Å². The van der Waals surface area contributed by atoms with Crippen LogP contribution in [0.2, 0.25) is 0 Å². The predicted molar refractivity (Wildman–Crippen MR) is 76.6 cm³/mol. The lowest BCUT2D eigenvalue weighted by molar-refractivity contribution is -0.120. The summed E-state index contributed by atoms with van der Waals surface area (Å²) in [4.78, 5) is 14.1. The molecular weight excluding hydrogens is 224 g/mol. The van der Waals surface area contributed by atoms with Gasteiger partial charge in [0.2, 0.25) is 0 Å². The van der Waals surface area contributed by atoms with Gasteiger partial charge in [-0.05, 0) is 19.3 Å². The molecule has 1 saturated heterocycles. The summed E-state index contributed by atoms with van der Waals surface area (Å²) >= 11 is 0. The van der Waals surface area contributed by atoms with Crippen molar-refractivity contribution in [2.24, 2.45) is 5.73 Å². The molecule has 2 N–H and O–H groups in total. The fourth-order valence-electron chi connectivity index (χ4n) is 2.54. The van der Waals surface area contributed by atoms with E-state index < -0.39 is 0 Å². The van der Waals surface area contributed by atoms with Gasteiger partial charge in [0.15, 0.2) is 0 Å². The van der Waals surface area contributed by atoms with Gasteiger partial charge in [0.25, 0.3) is 0 Å². The molecule has 1 heterocycles. The van der Waals surface area contributed by atoms with Crippen LogP contribution in [-0.2, 0) is 4.79 Å². The smallest absolute Gasteiger partial charge is 0.146 e. The van der Waals surface area contributed by atoms with Crippen LogP contribution in [0, 0.1) is 0 Å². The van der Waals surface area contributed by atoms with Gasteiger partial charge in [-0.2, -0.15) is 0 Å². The van der Waals surface area contributed by atoms with Gasteiger partial charge in [0.05, 0.1) is 6.54 Å². The lowest BCUT2D eigenvalue weighted by Gasteiger charge is -2.29. The second kappa shape index (κ2) is 9.51. The van der Waals surface area contributed by atoms with Gasteiger partial charge in [-0.3, -0.25) is 9.69 Å². The average molecular weight is 254 g/mol. The third-order valence-electron chi connectivity index (χ3n) is 3.84. The summed E-state index contributed by atoms with van der Waals surface area (Å²) in [5.74, 6) is 0.418. The molecule has 1 aliphatic heterocycles. The average Bonchev–Trinajstić information content (AvgIpc) is 2.36. The maximum atomic E-state index is 11.8. The van der Waals surface area contributed by atoms with E-state index in [1.807, 2.05) is 0 Å². The summed E-state index contributed by atoms with van der Waals surface area (Å²) in [6.45, 7) is 4.89. The van der Waals surface area contributed by atoms with E-state index in [2.05, 4.69) is 11.8 Å². The number of hydrogen-bond donors (Lipinski definition) is 1. The number of carbonyl (C=O) groups excluding carboxylic acids is 1. The molecule has 0 saturated carbocycles. The first kappa shape index (κ1) is 15.6. The number of Topliss-reactive ketones (excluding diaryl/α,β-unsaturated/α-hetero) is 1. The van der Waals surface area contributed by atoms with E-state index in [4.69, 9.17) is 5.73 Å². The van der Waals surface area contributed by atoms with Gasteiger partial charge >= 0.3 is 0 Å². The summed E-state index contributed by atoms with van der Waals surface area (Å²) in [6.07, 6.45) is 10.4. The van der Waals surface area contributed by atoms with Crippen molar-refractivity contribution in [3.8, 4) is 0 Å². The number of carbonyl (C=O) groups is 1. The van der Waals surface area contributed by atoms with E-state index in [1.165, 1.54) is 32.1 Å². The Morgan fingerprint density at radius 3 is 2.39 bits per heavy atom. The number of rotatable bonds is 9. The van der Waals surface area contributed by atoms with Crippen molar-refractivity contribution in [2.75, 3.05) is 19.6 Å². The number of nitrogens with zero attached hydrogens (tertiary/aromatic N) is 1. The number of nitrogens with two attached hydrogens (primary N) is 1. The first-order valence-corrected chi connectivity index (χ1v) is 7.72. The summed E-state index contributed by atoms with van der Waals surface area (Å²) in [6, 6.07) is 0.356. The van der Waals surface area contributed by atoms with E-state index in [-0.39, 0.29) is 0 Å². The molecule has 0 bridgehead atoms. The Labute approximate surface area is 112 Å². The van der Waals surface area contributed by atoms with Crippen LogP contribution in [0.5, 0.6) is 0 Å². The largest absolute Gasteiger partial charge is 0.328 e. The van der Waals surface area contributed by atoms with Gasteiger partial charge in [-0.15, -0.1) is 0 Å². The molecule has 0 atom stereocenters. The number of ketones is 1. The lowest BCUT2D eigenvalue weighted by atomic mass is 10.0. The van der Waals surface area contributed by atoms with E-state index >= 15 is 0 Å². The number of piperidine rings is 1. The van der Waals surface area contributed by atoms with Crippen molar-refractivity contribution < 1.29 is 4.79 Å². The molecule has 0 amide bonds. The zero-order valence-corrected chi connectivity index (χ0v) is 12.0. The van der Waals surface area contributed by atoms with Crippen LogP contribution in [0.25, 0.3) is 0 Å². The Morgan fingerprint density at radius 2 is 1.72 bits per heavy atom. The summed E-state index contributed by atoms with van der Waals surface area (Å²) in [7, 11) is 0. The fourth-order valence-corrected chi connectivity index (χ4v) is 2.54. The Kier molecular flexibility index (Phi) is 8.27. The fraction of sp³-hybridized carbons (Fsp3) is 0.933. The van der Waals surface area contributed by atoms with Crippen molar-refractivity contribution in [1.82, 2.24) is 4.90 Å². The highest BCUT2D eigenvalue weighted by Crippen LogP contribution is 2.10.